The van der Waals surface area contributed by atoms with Gasteiger partial charge in [0.15, 0.2) is 0 Å². The minimum Gasteiger partial charge on any atom is -0.302 e. The number of thiophene rings is 1. The summed E-state index contributed by atoms with van der Waals surface area (Å²) in [5, 5.41) is 3.83. The first-order chi connectivity index (χ1) is 14.5. The first kappa shape index (κ1) is 22.0. The zero-order valence-electron chi connectivity index (χ0n) is 17.1. The van der Waals surface area contributed by atoms with Gasteiger partial charge in [-0.1, -0.05) is 6.07 Å². The molecule has 2 aliphatic rings. The molecule has 5 rings (SSSR count). The van der Waals surface area contributed by atoms with Crippen LogP contribution in [0.25, 0.3) is 11.1 Å². The van der Waals surface area contributed by atoms with Crippen molar-refractivity contribution >= 4 is 23.7 Å². The molecule has 3 aromatic rings. The monoisotopic (exact) mass is 461 g/mol. The van der Waals surface area contributed by atoms with Crippen LogP contribution in [0.4, 0.5) is 4.39 Å². The smallest absolute Gasteiger partial charge is 0.302 e. The molecule has 8 heteroatoms. The van der Waals surface area contributed by atoms with E-state index in [2.05, 4.69) is 9.88 Å². The zero-order valence-corrected chi connectivity index (χ0v) is 18.7. The Labute approximate surface area is 190 Å². The second-order valence-corrected chi connectivity index (χ2v) is 9.25. The molecule has 0 amide bonds. The molecular formula is C23H25ClFN3O2S. The molecule has 5 nitrogen and oxygen atoms in total. The molecular weight excluding hydrogens is 437 g/mol. The Morgan fingerprint density at radius 1 is 1.16 bits per heavy atom. The van der Waals surface area contributed by atoms with Crippen molar-refractivity contribution < 1.29 is 4.39 Å². The average Bonchev–Trinajstić information content (AvgIpc) is 3.45. The highest BCUT2D eigenvalue weighted by Crippen LogP contribution is 2.45. The lowest BCUT2D eigenvalue weighted by Gasteiger charge is -2.25. The van der Waals surface area contributed by atoms with Crippen LogP contribution in [0.3, 0.4) is 0 Å². The van der Waals surface area contributed by atoms with E-state index in [1.165, 1.54) is 16.9 Å². The zero-order chi connectivity index (χ0) is 20.7. The Morgan fingerprint density at radius 3 is 2.84 bits per heavy atom. The number of rotatable bonds is 5. The van der Waals surface area contributed by atoms with Crippen molar-refractivity contribution in [2.45, 2.75) is 37.6 Å². The number of nitrogens with zero attached hydrogens (tertiary/aromatic N) is 2. The van der Waals surface area contributed by atoms with E-state index < -0.39 is 0 Å². The van der Waals surface area contributed by atoms with Crippen molar-refractivity contribution in [2.24, 2.45) is 0 Å². The molecule has 0 radical (unpaired) electrons. The third-order valence-electron chi connectivity index (χ3n) is 6.66. The third-order valence-corrected chi connectivity index (χ3v) is 7.34. The van der Waals surface area contributed by atoms with E-state index in [4.69, 9.17) is 0 Å². The summed E-state index contributed by atoms with van der Waals surface area (Å²) >= 11 is 1.53. The van der Waals surface area contributed by atoms with E-state index in [0.717, 1.165) is 56.4 Å². The number of benzene rings is 1. The molecule has 1 saturated heterocycles. The van der Waals surface area contributed by atoms with Crippen LogP contribution in [0, 0.1) is 5.82 Å². The van der Waals surface area contributed by atoms with Crippen molar-refractivity contribution in [3.05, 3.63) is 79.0 Å². The summed E-state index contributed by atoms with van der Waals surface area (Å²) in [5.74, 6) is -0.145. The molecule has 164 valence electrons. The summed E-state index contributed by atoms with van der Waals surface area (Å²) < 4.78 is 15.2. The second-order valence-electron chi connectivity index (χ2n) is 8.47. The first-order valence-corrected chi connectivity index (χ1v) is 11.4. The van der Waals surface area contributed by atoms with E-state index in [1.807, 2.05) is 22.9 Å². The summed E-state index contributed by atoms with van der Waals surface area (Å²) in [7, 11) is 0. The van der Waals surface area contributed by atoms with Gasteiger partial charge in [-0.2, -0.15) is 11.3 Å². The van der Waals surface area contributed by atoms with Gasteiger partial charge < -0.3 is 4.90 Å². The number of H-pyrrole nitrogens is 1. The van der Waals surface area contributed by atoms with Crippen molar-refractivity contribution in [2.75, 3.05) is 19.6 Å². The van der Waals surface area contributed by atoms with Crippen LogP contribution in [-0.4, -0.2) is 34.1 Å². The van der Waals surface area contributed by atoms with Gasteiger partial charge in [0.2, 0.25) is 0 Å². The number of likely N-dealkylation sites (tertiary alicyclic amines) is 1. The fourth-order valence-electron chi connectivity index (χ4n) is 5.13. The van der Waals surface area contributed by atoms with Crippen molar-refractivity contribution in [1.82, 2.24) is 14.5 Å². The fraction of sp³-hybridized carbons (Fsp3) is 0.391. The summed E-state index contributed by atoms with van der Waals surface area (Å²) in [6, 6.07) is 7.15. The van der Waals surface area contributed by atoms with E-state index in [1.54, 1.807) is 22.9 Å². The molecule has 2 aromatic heterocycles. The molecule has 0 saturated carbocycles. The molecule has 1 aliphatic heterocycles. The van der Waals surface area contributed by atoms with Crippen LogP contribution in [-0.2, 0) is 18.4 Å². The number of hydrogen-bond acceptors (Lipinski definition) is 4. The summed E-state index contributed by atoms with van der Waals surface area (Å²) in [6.45, 7) is 3.49. The topological polar surface area (TPSA) is 58.1 Å². The number of fused-ring (bicyclic) bond motifs is 2. The summed E-state index contributed by atoms with van der Waals surface area (Å²) in [6.07, 6.45) is 5.66. The fourth-order valence-corrected chi connectivity index (χ4v) is 5.79. The Kier molecular flexibility index (Phi) is 6.19. The van der Waals surface area contributed by atoms with Crippen LogP contribution in [0.2, 0.25) is 0 Å². The van der Waals surface area contributed by atoms with Gasteiger partial charge in [-0.25, -0.2) is 9.18 Å². The van der Waals surface area contributed by atoms with Gasteiger partial charge in [-0.15, -0.1) is 12.4 Å². The molecule has 1 fully saturated rings. The number of nitrogens with one attached hydrogen (secondary N) is 1. The van der Waals surface area contributed by atoms with Crippen LogP contribution in [0.1, 0.15) is 30.4 Å². The van der Waals surface area contributed by atoms with Gasteiger partial charge in [-0.3, -0.25) is 14.3 Å². The Hall–Kier alpha value is -2.22. The maximum Gasteiger partial charge on any atom is 0.328 e. The Bertz CT molecular complexity index is 1190. The van der Waals surface area contributed by atoms with Gasteiger partial charge >= 0.3 is 5.69 Å². The molecule has 0 bridgehead atoms. The standard InChI is InChI=1S/C23H24FN3O2S.ClH/c24-18-2-3-20-16(12-18)4-6-23(20)7-10-26(15-23)8-1-9-27-13-19(17-5-11-30-14-17)21(28)25-22(27)29;/h2-3,5,11-14H,1,4,6-10,15H2,(H,25,28,29);1H. The molecule has 31 heavy (non-hydrogen) atoms. The van der Waals surface area contributed by atoms with Crippen LogP contribution < -0.4 is 11.2 Å². The van der Waals surface area contributed by atoms with Crippen molar-refractivity contribution in [3.63, 3.8) is 0 Å². The number of halogens is 2. The summed E-state index contributed by atoms with van der Waals surface area (Å²) in [5.41, 5.74) is 3.32. The Morgan fingerprint density at radius 2 is 2.03 bits per heavy atom. The first-order valence-electron chi connectivity index (χ1n) is 10.4. The lowest BCUT2D eigenvalue weighted by atomic mass is 9.81. The van der Waals surface area contributed by atoms with Gasteiger partial charge in [0.25, 0.3) is 5.56 Å². The highest BCUT2D eigenvalue weighted by molar-refractivity contribution is 7.08. The van der Waals surface area contributed by atoms with Crippen molar-refractivity contribution in [3.8, 4) is 11.1 Å². The molecule has 1 unspecified atom stereocenters. The number of aromatic amines is 1. The average molecular weight is 462 g/mol. The van der Waals surface area contributed by atoms with Gasteiger partial charge in [0.05, 0.1) is 5.56 Å². The van der Waals surface area contributed by atoms with Gasteiger partial charge in [0.1, 0.15) is 5.82 Å². The largest absolute Gasteiger partial charge is 0.328 e. The van der Waals surface area contributed by atoms with Crippen LogP contribution >= 0.6 is 23.7 Å². The van der Waals surface area contributed by atoms with E-state index in [0.29, 0.717) is 12.1 Å². The quantitative estimate of drug-likeness (QED) is 0.628. The summed E-state index contributed by atoms with van der Waals surface area (Å²) in [4.78, 5) is 29.3. The van der Waals surface area contributed by atoms with E-state index in [9.17, 15) is 14.0 Å². The Balaban J connectivity index is 0.00000231. The minimum absolute atomic E-state index is 0. The molecule has 1 N–H and O–H groups in total. The number of aromatic nitrogens is 2. The van der Waals surface area contributed by atoms with E-state index in [-0.39, 0.29) is 34.9 Å². The maximum absolute atomic E-state index is 13.6. The second kappa shape index (κ2) is 8.73. The predicted octanol–water partition coefficient (Wildman–Crippen LogP) is 3.81. The number of hydrogen-bond donors (Lipinski definition) is 1. The van der Waals surface area contributed by atoms with Crippen LogP contribution in [0.15, 0.2) is 50.8 Å². The molecule has 1 aliphatic carbocycles. The normalized spacial score (nSPS) is 20.2. The highest BCUT2D eigenvalue weighted by Gasteiger charge is 2.43. The molecule has 3 heterocycles. The molecule has 1 aromatic carbocycles. The maximum atomic E-state index is 13.6. The third kappa shape index (κ3) is 4.14. The van der Waals surface area contributed by atoms with Gasteiger partial charge in [0, 0.05) is 24.7 Å². The predicted molar refractivity (Wildman–Crippen MR) is 124 cm³/mol. The van der Waals surface area contributed by atoms with Gasteiger partial charge in [-0.05, 0) is 84.4 Å². The SMILES string of the molecule is Cl.O=c1[nH]c(=O)n(CCCN2CCC3(CCc4cc(F)ccc43)C2)cc1-c1ccsc1. The number of aryl methyl sites for hydroxylation is 2. The minimum atomic E-state index is -0.358. The van der Waals surface area contributed by atoms with Crippen molar-refractivity contribution in [1.29, 1.82) is 0 Å². The lowest BCUT2D eigenvalue weighted by molar-refractivity contribution is 0.298. The molecule has 1 atom stereocenters. The lowest BCUT2D eigenvalue weighted by Crippen LogP contribution is -2.32. The van der Waals surface area contributed by atoms with Crippen LogP contribution in [0.5, 0.6) is 0 Å². The molecule has 1 spiro atoms. The van der Waals surface area contributed by atoms with E-state index >= 15 is 0 Å². The highest BCUT2D eigenvalue weighted by atomic mass is 35.5.